The van der Waals surface area contributed by atoms with Crippen molar-refractivity contribution < 1.29 is 13.2 Å². The molecule has 5 nitrogen and oxygen atoms in total. The van der Waals surface area contributed by atoms with E-state index < -0.39 is 15.7 Å². The van der Waals surface area contributed by atoms with Gasteiger partial charge in [-0.3, -0.25) is 4.79 Å². The predicted octanol–water partition coefficient (Wildman–Crippen LogP) is 1.44. The standard InChI is InChI=1S/C14H14N2O3S/c1-20(18,19)11-4-2-3-9(7-11)10-5-6-12(14(16)17)13(15)8-10/h2-8H,15H2,1H3,(H2,16,17). The molecule has 0 bridgehead atoms. The Morgan fingerprint density at radius 2 is 1.70 bits per heavy atom. The highest BCUT2D eigenvalue weighted by Gasteiger charge is 2.10. The molecule has 0 atom stereocenters. The van der Waals surface area contributed by atoms with E-state index in [1.54, 1.807) is 30.3 Å². The van der Waals surface area contributed by atoms with E-state index in [0.717, 1.165) is 11.8 Å². The molecule has 0 fully saturated rings. The number of rotatable bonds is 3. The molecule has 0 heterocycles. The smallest absolute Gasteiger partial charge is 0.250 e. The Morgan fingerprint density at radius 1 is 1.05 bits per heavy atom. The highest BCUT2D eigenvalue weighted by atomic mass is 32.2. The summed E-state index contributed by atoms with van der Waals surface area (Å²) in [6, 6.07) is 11.3. The van der Waals surface area contributed by atoms with Crippen molar-refractivity contribution in [2.45, 2.75) is 4.90 Å². The third kappa shape index (κ3) is 2.80. The monoisotopic (exact) mass is 290 g/mol. The zero-order chi connectivity index (χ0) is 14.9. The van der Waals surface area contributed by atoms with Gasteiger partial charge >= 0.3 is 0 Å². The number of carbonyl (C=O) groups excluding carboxylic acids is 1. The summed E-state index contributed by atoms with van der Waals surface area (Å²) in [6.07, 6.45) is 1.15. The number of primary amides is 1. The number of sulfone groups is 1. The largest absolute Gasteiger partial charge is 0.398 e. The van der Waals surface area contributed by atoms with Crippen molar-refractivity contribution >= 4 is 21.4 Å². The maximum Gasteiger partial charge on any atom is 0.250 e. The van der Waals surface area contributed by atoms with Crippen molar-refractivity contribution in [1.82, 2.24) is 0 Å². The highest BCUT2D eigenvalue weighted by molar-refractivity contribution is 7.90. The van der Waals surface area contributed by atoms with E-state index in [-0.39, 0.29) is 16.1 Å². The van der Waals surface area contributed by atoms with Crippen LogP contribution >= 0.6 is 0 Å². The number of nitrogen functional groups attached to an aromatic ring is 1. The van der Waals surface area contributed by atoms with Gasteiger partial charge in [0.1, 0.15) is 0 Å². The van der Waals surface area contributed by atoms with Crippen molar-refractivity contribution in [3.05, 3.63) is 48.0 Å². The second-order valence-electron chi connectivity index (χ2n) is 4.47. The van der Waals surface area contributed by atoms with Crippen LogP contribution in [0.25, 0.3) is 11.1 Å². The summed E-state index contributed by atoms with van der Waals surface area (Å²) in [5, 5.41) is 0. The van der Waals surface area contributed by atoms with Crippen LogP contribution < -0.4 is 11.5 Å². The van der Waals surface area contributed by atoms with E-state index in [1.807, 2.05) is 0 Å². The molecular weight excluding hydrogens is 276 g/mol. The van der Waals surface area contributed by atoms with E-state index in [9.17, 15) is 13.2 Å². The number of amides is 1. The number of hydrogen-bond acceptors (Lipinski definition) is 4. The van der Waals surface area contributed by atoms with Crippen LogP contribution in [0.2, 0.25) is 0 Å². The van der Waals surface area contributed by atoms with Gasteiger partial charge in [0.25, 0.3) is 5.91 Å². The van der Waals surface area contributed by atoms with Gasteiger partial charge in [-0.15, -0.1) is 0 Å². The molecule has 2 aromatic rings. The zero-order valence-electron chi connectivity index (χ0n) is 10.8. The summed E-state index contributed by atoms with van der Waals surface area (Å²) in [6.45, 7) is 0. The Labute approximate surface area is 117 Å². The number of benzene rings is 2. The first-order valence-electron chi connectivity index (χ1n) is 5.79. The third-order valence-corrected chi connectivity index (χ3v) is 4.02. The fourth-order valence-corrected chi connectivity index (χ4v) is 2.54. The Hall–Kier alpha value is -2.34. The van der Waals surface area contributed by atoms with Gasteiger partial charge < -0.3 is 11.5 Å². The first-order valence-corrected chi connectivity index (χ1v) is 7.68. The lowest BCUT2D eigenvalue weighted by molar-refractivity contribution is 0.100. The third-order valence-electron chi connectivity index (χ3n) is 2.91. The first-order chi connectivity index (χ1) is 9.29. The van der Waals surface area contributed by atoms with E-state index >= 15 is 0 Å². The molecule has 2 rings (SSSR count). The summed E-state index contributed by atoms with van der Waals surface area (Å²) >= 11 is 0. The Morgan fingerprint density at radius 3 is 2.25 bits per heavy atom. The Balaban J connectivity index is 2.53. The number of hydrogen-bond donors (Lipinski definition) is 2. The molecule has 0 aliphatic heterocycles. The molecule has 0 aliphatic carbocycles. The van der Waals surface area contributed by atoms with Gasteiger partial charge in [0, 0.05) is 11.9 Å². The molecule has 0 aromatic heterocycles. The zero-order valence-corrected chi connectivity index (χ0v) is 11.6. The minimum atomic E-state index is -3.27. The van der Waals surface area contributed by atoms with Gasteiger partial charge in [-0.1, -0.05) is 18.2 Å². The summed E-state index contributed by atoms with van der Waals surface area (Å²) in [5.74, 6) is -0.598. The predicted molar refractivity (Wildman–Crippen MR) is 77.9 cm³/mol. The molecule has 6 heteroatoms. The number of nitrogens with two attached hydrogens (primary N) is 2. The average Bonchev–Trinajstić information content (AvgIpc) is 2.37. The van der Waals surface area contributed by atoms with Crippen LogP contribution in [-0.2, 0) is 9.84 Å². The van der Waals surface area contributed by atoms with Crippen LogP contribution in [-0.4, -0.2) is 20.6 Å². The molecule has 4 N–H and O–H groups in total. The Kier molecular flexibility index (Phi) is 3.50. The van der Waals surface area contributed by atoms with Crippen LogP contribution in [0.4, 0.5) is 5.69 Å². The summed E-state index contributed by atoms with van der Waals surface area (Å²) in [4.78, 5) is 11.3. The minimum absolute atomic E-state index is 0.229. The quantitative estimate of drug-likeness (QED) is 0.835. The Bertz CT molecular complexity index is 783. The highest BCUT2D eigenvalue weighted by Crippen LogP contribution is 2.25. The fraction of sp³-hybridized carbons (Fsp3) is 0.0714. The lowest BCUT2D eigenvalue weighted by Gasteiger charge is -2.07. The summed E-state index contributed by atoms with van der Waals surface area (Å²) < 4.78 is 23.1. The van der Waals surface area contributed by atoms with Crippen LogP contribution in [0.15, 0.2) is 47.4 Å². The van der Waals surface area contributed by atoms with Crippen LogP contribution in [0, 0.1) is 0 Å². The minimum Gasteiger partial charge on any atom is -0.398 e. The number of carbonyl (C=O) groups is 1. The molecule has 1 amide bonds. The molecule has 0 aliphatic rings. The molecule has 0 radical (unpaired) electrons. The van der Waals surface area contributed by atoms with E-state index in [4.69, 9.17) is 11.5 Å². The van der Waals surface area contributed by atoms with Crippen molar-refractivity contribution in [3.8, 4) is 11.1 Å². The average molecular weight is 290 g/mol. The SMILES string of the molecule is CS(=O)(=O)c1cccc(-c2ccc(C(N)=O)c(N)c2)c1. The van der Waals surface area contributed by atoms with Gasteiger partial charge in [-0.05, 0) is 35.4 Å². The molecule has 0 spiro atoms. The van der Waals surface area contributed by atoms with Crippen molar-refractivity contribution in [2.24, 2.45) is 5.73 Å². The molecule has 104 valence electrons. The lowest BCUT2D eigenvalue weighted by atomic mass is 10.0. The normalized spacial score (nSPS) is 11.2. The topological polar surface area (TPSA) is 103 Å². The van der Waals surface area contributed by atoms with Gasteiger partial charge in [-0.25, -0.2) is 8.42 Å². The number of anilines is 1. The van der Waals surface area contributed by atoms with E-state index in [2.05, 4.69) is 0 Å². The van der Waals surface area contributed by atoms with Crippen LogP contribution in [0.3, 0.4) is 0 Å². The van der Waals surface area contributed by atoms with Crippen molar-refractivity contribution in [3.63, 3.8) is 0 Å². The molecular formula is C14H14N2O3S. The molecule has 20 heavy (non-hydrogen) atoms. The van der Waals surface area contributed by atoms with Crippen molar-refractivity contribution in [2.75, 3.05) is 12.0 Å². The van der Waals surface area contributed by atoms with E-state index in [0.29, 0.717) is 5.56 Å². The second kappa shape index (κ2) is 4.97. The first kappa shape index (κ1) is 14.1. The second-order valence-corrected chi connectivity index (χ2v) is 6.48. The molecule has 0 saturated heterocycles. The fourth-order valence-electron chi connectivity index (χ4n) is 1.87. The van der Waals surface area contributed by atoms with E-state index in [1.165, 1.54) is 12.1 Å². The van der Waals surface area contributed by atoms with Crippen LogP contribution in [0.5, 0.6) is 0 Å². The van der Waals surface area contributed by atoms with Crippen LogP contribution in [0.1, 0.15) is 10.4 Å². The van der Waals surface area contributed by atoms with Gasteiger partial charge in [0.2, 0.25) is 0 Å². The molecule has 0 saturated carbocycles. The summed E-state index contributed by atoms with van der Waals surface area (Å²) in [7, 11) is -3.27. The van der Waals surface area contributed by atoms with Gasteiger partial charge in [-0.2, -0.15) is 0 Å². The maximum absolute atomic E-state index is 11.5. The van der Waals surface area contributed by atoms with Crippen molar-refractivity contribution in [1.29, 1.82) is 0 Å². The molecule has 0 unspecified atom stereocenters. The van der Waals surface area contributed by atoms with Gasteiger partial charge in [0.15, 0.2) is 9.84 Å². The summed E-state index contributed by atoms with van der Waals surface area (Å²) in [5.41, 5.74) is 12.9. The maximum atomic E-state index is 11.5. The molecule has 2 aromatic carbocycles. The lowest BCUT2D eigenvalue weighted by Crippen LogP contribution is -2.13. The van der Waals surface area contributed by atoms with Gasteiger partial charge in [0.05, 0.1) is 10.5 Å².